The molecule has 1 amide bonds. The predicted molar refractivity (Wildman–Crippen MR) is 94.1 cm³/mol. The lowest BCUT2D eigenvalue weighted by atomic mass is 10.1. The highest BCUT2D eigenvalue weighted by Gasteiger charge is 2.25. The van der Waals surface area contributed by atoms with Gasteiger partial charge in [0.05, 0.1) is 7.11 Å². The third kappa shape index (κ3) is 3.87. The van der Waals surface area contributed by atoms with Crippen LogP contribution in [0, 0.1) is 6.92 Å². The van der Waals surface area contributed by atoms with Gasteiger partial charge in [-0.1, -0.05) is 0 Å². The molecular weight excluding hydrogens is 304 g/mol. The maximum absolute atomic E-state index is 11.1. The Labute approximate surface area is 142 Å². The number of pyridine rings is 1. The number of fused-ring (bicyclic) bond motifs is 1. The van der Waals surface area contributed by atoms with E-state index >= 15 is 0 Å². The van der Waals surface area contributed by atoms with Crippen LogP contribution in [0.1, 0.15) is 43.5 Å². The second kappa shape index (κ2) is 7.21. The summed E-state index contributed by atoms with van der Waals surface area (Å²) in [4.78, 5) is 15.8. The van der Waals surface area contributed by atoms with Crippen LogP contribution in [0.3, 0.4) is 0 Å². The lowest BCUT2D eigenvalue weighted by Gasteiger charge is -2.12. The largest absolute Gasteiger partial charge is 0.453 e. The van der Waals surface area contributed by atoms with E-state index in [4.69, 9.17) is 4.98 Å². The molecule has 2 aromatic heterocycles. The second-order valence-corrected chi connectivity index (χ2v) is 6.54. The first-order chi connectivity index (χ1) is 11.6. The average molecular weight is 330 g/mol. The van der Waals surface area contributed by atoms with Crippen LogP contribution in [0.5, 0.6) is 0 Å². The van der Waals surface area contributed by atoms with E-state index in [1.54, 1.807) is 0 Å². The van der Waals surface area contributed by atoms with Gasteiger partial charge in [-0.3, -0.25) is 0 Å². The molecule has 6 heteroatoms. The Morgan fingerprint density at radius 2 is 2.25 bits per heavy atom. The number of nitrogens with zero attached hydrogens (tertiary/aromatic N) is 2. The standard InChI is InChI=1S/C18H26N4O2/c1-12-5-8-15-16(13(2)21-14-6-7-14)11-22(17(15)20-12)10-4-9-19-18(23)24-3/h5,8,11,13-14,21H,4,6-7,9-10H2,1-3H3,(H,19,23). The zero-order valence-electron chi connectivity index (χ0n) is 14.6. The van der Waals surface area contributed by atoms with Crippen molar-refractivity contribution in [2.75, 3.05) is 13.7 Å². The summed E-state index contributed by atoms with van der Waals surface area (Å²) in [5.74, 6) is 0. The molecule has 0 radical (unpaired) electrons. The van der Waals surface area contributed by atoms with Gasteiger partial charge < -0.3 is 19.9 Å². The Hall–Kier alpha value is -2.08. The molecule has 0 spiro atoms. The van der Waals surface area contributed by atoms with Gasteiger partial charge in [0.1, 0.15) is 5.65 Å². The van der Waals surface area contributed by atoms with Gasteiger partial charge in [0, 0.05) is 42.5 Å². The number of hydrogen-bond donors (Lipinski definition) is 2. The number of ether oxygens (including phenoxy) is 1. The number of methoxy groups -OCH3 is 1. The maximum atomic E-state index is 11.1. The van der Waals surface area contributed by atoms with Gasteiger partial charge in [-0.15, -0.1) is 0 Å². The summed E-state index contributed by atoms with van der Waals surface area (Å²) >= 11 is 0. The molecule has 24 heavy (non-hydrogen) atoms. The van der Waals surface area contributed by atoms with Crippen molar-refractivity contribution in [2.24, 2.45) is 0 Å². The van der Waals surface area contributed by atoms with Crippen LogP contribution in [0.2, 0.25) is 0 Å². The highest BCUT2D eigenvalue weighted by molar-refractivity contribution is 5.81. The predicted octanol–water partition coefficient (Wildman–Crippen LogP) is 2.90. The molecule has 1 saturated carbocycles. The molecule has 0 saturated heterocycles. The number of aromatic nitrogens is 2. The van der Waals surface area contributed by atoms with Crippen LogP contribution in [0.25, 0.3) is 11.0 Å². The lowest BCUT2D eigenvalue weighted by molar-refractivity contribution is 0.171. The number of rotatable bonds is 7. The van der Waals surface area contributed by atoms with Gasteiger partial charge in [-0.2, -0.15) is 0 Å². The zero-order valence-corrected chi connectivity index (χ0v) is 14.6. The molecule has 2 heterocycles. The van der Waals surface area contributed by atoms with Gasteiger partial charge in [0.2, 0.25) is 0 Å². The van der Waals surface area contributed by atoms with E-state index in [1.807, 2.05) is 6.92 Å². The number of carbonyl (C=O) groups excluding carboxylic acids is 1. The lowest BCUT2D eigenvalue weighted by Crippen LogP contribution is -2.24. The SMILES string of the molecule is COC(=O)NCCCn1cc(C(C)NC2CC2)c2ccc(C)nc21. The molecule has 2 aromatic rings. The minimum Gasteiger partial charge on any atom is -0.453 e. The number of nitrogens with one attached hydrogen (secondary N) is 2. The van der Waals surface area contributed by atoms with Crippen molar-refractivity contribution in [2.45, 2.75) is 51.7 Å². The summed E-state index contributed by atoms with van der Waals surface area (Å²) in [6.07, 6.45) is 5.21. The van der Waals surface area contributed by atoms with Gasteiger partial charge in [-0.25, -0.2) is 9.78 Å². The molecule has 1 aliphatic rings. The van der Waals surface area contributed by atoms with Crippen molar-refractivity contribution < 1.29 is 9.53 Å². The van der Waals surface area contributed by atoms with E-state index in [0.717, 1.165) is 24.3 Å². The summed E-state index contributed by atoms with van der Waals surface area (Å²) in [6, 6.07) is 5.22. The Balaban J connectivity index is 1.75. The third-order valence-corrected chi connectivity index (χ3v) is 4.45. The Morgan fingerprint density at radius 3 is 2.96 bits per heavy atom. The fraction of sp³-hybridized carbons (Fsp3) is 0.556. The Bertz CT molecular complexity index is 721. The molecule has 130 valence electrons. The normalized spacial score (nSPS) is 15.5. The molecule has 0 bridgehead atoms. The fourth-order valence-electron chi connectivity index (χ4n) is 3.01. The number of aryl methyl sites for hydroxylation is 2. The van der Waals surface area contributed by atoms with Crippen molar-refractivity contribution in [3.63, 3.8) is 0 Å². The molecule has 6 nitrogen and oxygen atoms in total. The van der Waals surface area contributed by atoms with E-state index in [1.165, 1.54) is 30.9 Å². The molecule has 1 unspecified atom stereocenters. The van der Waals surface area contributed by atoms with Crippen LogP contribution in [-0.4, -0.2) is 35.3 Å². The minimum absolute atomic E-state index is 0.318. The van der Waals surface area contributed by atoms with Crippen molar-refractivity contribution >= 4 is 17.1 Å². The van der Waals surface area contributed by atoms with Crippen LogP contribution >= 0.6 is 0 Å². The van der Waals surface area contributed by atoms with Crippen molar-refractivity contribution in [1.82, 2.24) is 20.2 Å². The zero-order chi connectivity index (χ0) is 17.1. The van der Waals surface area contributed by atoms with Crippen molar-refractivity contribution in [3.05, 3.63) is 29.6 Å². The summed E-state index contributed by atoms with van der Waals surface area (Å²) in [7, 11) is 1.38. The van der Waals surface area contributed by atoms with Gasteiger partial charge in [0.25, 0.3) is 0 Å². The van der Waals surface area contributed by atoms with E-state index < -0.39 is 0 Å². The number of alkyl carbamates (subject to hydrolysis) is 1. The minimum atomic E-state index is -0.385. The molecule has 0 aliphatic heterocycles. The van der Waals surface area contributed by atoms with Crippen LogP contribution in [0.15, 0.2) is 18.3 Å². The number of carbonyl (C=O) groups is 1. The molecular formula is C18H26N4O2. The molecule has 1 aliphatic carbocycles. The summed E-state index contributed by atoms with van der Waals surface area (Å²) in [5.41, 5.74) is 3.33. The van der Waals surface area contributed by atoms with Gasteiger partial charge in [-0.05, 0) is 50.8 Å². The second-order valence-electron chi connectivity index (χ2n) is 6.54. The van der Waals surface area contributed by atoms with Crippen LogP contribution in [0.4, 0.5) is 4.79 Å². The first-order valence-corrected chi connectivity index (χ1v) is 8.62. The summed E-state index contributed by atoms with van der Waals surface area (Å²) in [6.45, 7) is 5.63. The van der Waals surface area contributed by atoms with E-state index in [-0.39, 0.29) is 6.09 Å². The smallest absolute Gasteiger partial charge is 0.406 e. The van der Waals surface area contributed by atoms with Gasteiger partial charge in [0.15, 0.2) is 0 Å². The summed E-state index contributed by atoms with van der Waals surface area (Å²) < 4.78 is 6.79. The highest BCUT2D eigenvalue weighted by Crippen LogP contribution is 2.29. The quantitative estimate of drug-likeness (QED) is 0.766. The monoisotopic (exact) mass is 330 g/mol. The number of amides is 1. The number of hydrogen-bond acceptors (Lipinski definition) is 4. The third-order valence-electron chi connectivity index (χ3n) is 4.45. The molecule has 0 aromatic carbocycles. The van der Waals surface area contributed by atoms with Gasteiger partial charge >= 0.3 is 6.09 Å². The first kappa shape index (κ1) is 16.8. The van der Waals surface area contributed by atoms with Crippen molar-refractivity contribution in [3.8, 4) is 0 Å². The van der Waals surface area contributed by atoms with Crippen molar-refractivity contribution in [1.29, 1.82) is 0 Å². The van der Waals surface area contributed by atoms with E-state index in [0.29, 0.717) is 18.6 Å². The highest BCUT2D eigenvalue weighted by atomic mass is 16.5. The van der Waals surface area contributed by atoms with Crippen LogP contribution < -0.4 is 10.6 Å². The molecule has 1 atom stereocenters. The first-order valence-electron chi connectivity index (χ1n) is 8.62. The Morgan fingerprint density at radius 1 is 1.46 bits per heavy atom. The maximum Gasteiger partial charge on any atom is 0.406 e. The molecule has 2 N–H and O–H groups in total. The fourth-order valence-corrected chi connectivity index (χ4v) is 3.01. The van der Waals surface area contributed by atoms with Crippen LogP contribution in [-0.2, 0) is 11.3 Å². The van der Waals surface area contributed by atoms with E-state index in [9.17, 15) is 4.79 Å². The van der Waals surface area contributed by atoms with E-state index in [2.05, 4.69) is 45.2 Å². The summed E-state index contributed by atoms with van der Waals surface area (Å²) in [5, 5.41) is 7.59. The molecule has 1 fully saturated rings. The topological polar surface area (TPSA) is 68.2 Å². The average Bonchev–Trinajstić information content (AvgIpc) is 3.31. The molecule has 3 rings (SSSR count). The Kier molecular flexibility index (Phi) is 5.04.